The van der Waals surface area contributed by atoms with Gasteiger partial charge in [-0.25, -0.2) is 19.2 Å². The summed E-state index contributed by atoms with van der Waals surface area (Å²) in [5.41, 5.74) is 4.69. The van der Waals surface area contributed by atoms with Gasteiger partial charge >= 0.3 is 21.5 Å². The number of fused-ring (bicyclic) bond motifs is 1. The zero-order valence-corrected chi connectivity index (χ0v) is 24.7. The highest BCUT2D eigenvalue weighted by Crippen LogP contribution is 2.61. The molecule has 3 heterocycles. The van der Waals surface area contributed by atoms with Crippen LogP contribution in [0.4, 0.5) is 5.95 Å². The second-order valence-corrected chi connectivity index (χ2v) is 12.2. The van der Waals surface area contributed by atoms with Crippen molar-refractivity contribution in [3.63, 3.8) is 0 Å². The van der Waals surface area contributed by atoms with Crippen molar-refractivity contribution >= 4 is 56.2 Å². The molecule has 0 aromatic carbocycles. The average molecular weight is 662 g/mol. The van der Waals surface area contributed by atoms with E-state index in [9.17, 15) is 38.6 Å². The number of carbonyl (C=O) groups excluding carboxylic acids is 2. The summed E-state index contributed by atoms with van der Waals surface area (Å²) >= 11 is 5.37. The Morgan fingerprint density at radius 1 is 1.31 bits per heavy atom. The topological polar surface area (TPSA) is 289 Å². The van der Waals surface area contributed by atoms with Gasteiger partial charge in [0.15, 0.2) is 17.4 Å². The van der Waals surface area contributed by atoms with Gasteiger partial charge in [-0.15, -0.1) is 11.6 Å². The summed E-state index contributed by atoms with van der Waals surface area (Å²) in [6, 6.07) is -1.34. The van der Waals surface area contributed by atoms with Crippen molar-refractivity contribution in [1.29, 1.82) is 0 Å². The number of carbonyl (C=O) groups is 2. The number of imidazole rings is 1. The van der Waals surface area contributed by atoms with E-state index in [2.05, 4.69) is 25.4 Å². The van der Waals surface area contributed by atoms with Gasteiger partial charge in [0.2, 0.25) is 11.9 Å². The molecule has 2 unspecified atom stereocenters. The van der Waals surface area contributed by atoms with Crippen LogP contribution in [0.5, 0.6) is 0 Å². The molecular weight excluding hydrogens is 632 g/mol. The zero-order chi connectivity index (χ0) is 31.2. The van der Waals surface area contributed by atoms with Crippen LogP contribution in [-0.2, 0) is 41.6 Å². The van der Waals surface area contributed by atoms with E-state index in [1.165, 1.54) is 13.8 Å². The van der Waals surface area contributed by atoms with Gasteiger partial charge in [-0.05, 0) is 13.8 Å². The van der Waals surface area contributed by atoms with E-state index in [4.69, 9.17) is 40.2 Å². The Hall–Kier alpha value is -2.48. The number of ether oxygens (including phenoxy) is 2. The number of anilines is 1. The number of nitrogens with two attached hydrogens (primary N) is 1. The molecule has 8 N–H and O–H groups in total. The number of esters is 1. The van der Waals surface area contributed by atoms with Crippen molar-refractivity contribution in [1.82, 2.24) is 29.9 Å². The number of hydrogen-bond donors (Lipinski definition) is 7. The second-order valence-electron chi connectivity index (χ2n) is 8.58. The lowest BCUT2D eigenvalue weighted by Crippen LogP contribution is -2.35. The predicted molar refractivity (Wildman–Crippen MR) is 142 cm³/mol. The largest absolute Gasteiger partial charge is 0.480 e. The van der Waals surface area contributed by atoms with Gasteiger partial charge in [-0.2, -0.15) is 9.29 Å². The SMILES string of the molecule is CCOC(=O)[C@H](C)NP(=O)(OCCNC(=O)CCl)OP(=O)(O)OC[C@H]1O[C@@H](n2cnc3c(=O)[nH]c(N)nc32)[C@H](O)[C@@H]1O. The van der Waals surface area contributed by atoms with E-state index in [-0.39, 0.29) is 36.1 Å². The second kappa shape index (κ2) is 14.3. The highest BCUT2D eigenvalue weighted by atomic mass is 35.5. The van der Waals surface area contributed by atoms with Crippen LogP contribution < -0.4 is 21.7 Å². The molecule has 1 saturated heterocycles. The Balaban J connectivity index is 1.69. The number of aliphatic hydroxyl groups excluding tert-OH is 2. The van der Waals surface area contributed by atoms with Crippen LogP contribution in [0.15, 0.2) is 11.1 Å². The minimum Gasteiger partial charge on any atom is -0.465 e. The maximum atomic E-state index is 13.3. The number of nitrogens with one attached hydrogen (secondary N) is 3. The molecule has 3 rings (SSSR count). The minimum absolute atomic E-state index is 0.0195. The van der Waals surface area contributed by atoms with E-state index in [0.717, 1.165) is 10.9 Å². The third-order valence-electron chi connectivity index (χ3n) is 5.47. The number of aliphatic hydroxyl groups is 2. The lowest BCUT2D eigenvalue weighted by molar-refractivity contribution is -0.144. The number of nitrogens with zero attached hydrogens (tertiary/aromatic N) is 3. The summed E-state index contributed by atoms with van der Waals surface area (Å²) in [6.07, 6.45) is -5.07. The molecule has 1 aliphatic rings. The van der Waals surface area contributed by atoms with Gasteiger partial charge in [0, 0.05) is 6.54 Å². The summed E-state index contributed by atoms with van der Waals surface area (Å²) in [6.45, 7) is 1.09. The van der Waals surface area contributed by atoms with Gasteiger partial charge in [0.1, 0.15) is 30.2 Å². The van der Waals surface area contributed by atoms with E-state index >= 15 is 0 Å². The summed E-state index contributed by atoms with van der Waals surface area (Å²) in [5.74, 6) is -2.08. The molecule has 236 valence electrons. The van der Waals surface area contributed by atoms with Crippen molar-refractivity contribution in [3.05, 3.63) is 16.7 Å². The Morgan fingerprint density at radius 3 is 2.69 bits per heavy atom. The molecule has 20 nitrogen and oxygen atoms in total. The molecule has 23 heteroatoms. The van der Waals surface area contributed by atoms with E-state index < -0.39 is 76.8 Å². The number of amides is 1. The van der Waals surface area contributed by atoms with Gasteiger partial charge < -0.3 is 35.6 Å². The van der Waals surface area contributed by atoms with E-state index in [1.807, 2.05) is 0 Å². The summed E-state index contributed by atoms with van der Waals surface area (Å²) < 4.78 is 52.2. The molecule has 0 bridgehead atoms. The maximum Gasteiger partial charge on any atom is 0.480 e. The lowest BCUT2D eigenvalue weighted by Gasteiger charge is -2.24. The molecule has 42 heavy (non-hydrogen) atoms. The minimum atomic E-state index is -5.30. The normalized spacial score (nSPS) is 24.1. The van der Waals surface area contributed by atoms with Crippen LogP contribution in [-0.4, -0.2) is 103 Å². The predicted octanol–water partition coefficient (Wildman–Crippen LogP) is -1.52. The van der Waals surface area contributed by atoms with Gasteiger partial charge in [0.05, 0.1) is 26.1 Å². The Kier molecular flexibility index (Phi) is 11.6. The third-order valence-corrected chi connectivity index (χ3v) is 9.10. The van der Waals surface area contributed by atoms with E-state index in [0.29, 0.717) is 0 Å². The van der Waals surface area contributed by atoms with Crippen molar-refractivity contribution < 1.29 is 56.7 Å². The number of aromatic nitrogens is 4. The van der Waals surface area contributed by atoms with Gasteiger partial charge in [0.25, 0.3) is 5.56 Å². The van der Waals surface area contributed by atoms with Crippen LogP contribution in [0.25, 0.3) is 11.2 Å². The molecule has 2 aromatic rings. The molecular formula is C19H30ClN7O13P2. The molecule has 1 amide bonds. The highest BCUT2D eigenvalue weighted by Gasteiger charge is 2.46. The molecule has 0 spiro atoms. The fourth-order valence-electron chi connectivity index (χ4n) is 3.60. The number of aromatic amines is 1. The summed E-state index contributed by atoms with van der Waals surface area (Å²) in [4.78, 5) is 55.7. The monoisotopic (exact) mass is 661 g/mol. The third kappa shape index (κ3) is 8.55. The first-order chi connectivity index (χ1) is 19.7. The average Bonchev–Trinajstić information content (AvgIpc) is 3.45. The number of halogens is 1. The quantitative estimate of drug-likeness (QED) is 0.0493. The van der Waals surface area contributed by atoms with Crippen LogP contribution in [0.3, 0.4) is 0 Å². The number of phosphoric acid groups is 1. The number of alkyl halides is 1. The smallest absolute Gasteiger partial charge is 0.465 e. The van der Waals surface area contributed by atoms with Crippen LogP contribution >= 0.6 is 27.2 Å². The van der Waals surface area contributed by atoms with Crippen LogP contribution in [0, 0.1) is 0 Å². The Labute approximate surface area is 242 Å². The Bertz CT molecular complexity index is 1420. The first-order valence-corrected chi connectivity index (χ1v) is 15.7. The summed E-state index contributed by atoms with van der Waals surface area (Å²) in [7, 11) is -10.1. The molecule has 0 radical (unpaired) electrons. The van der Waals surface area contributed by atoms with Crippen molar-refractivity contribution in [3.8, 4) is 0 Å². The highest BCUT2D eigenvalue weighted by molar-refractivity contribution is 7.63. The van der Waals surface area contributed by atoms with Crippen LogP contribution in [0.2, 0.25) is 0 Å². The molecule has 0 saturated carbocycles. The number of hydrogen-bond acceptors (Lipinski definition) is 15. The first-order valence-electron chi connectivity index (χ1n) is 12.1. The molecule has 1 aliphatic heterocycles. The van der Waals surface area contributed by atoms with Crippen molar-refractivity contribution in [2.75, 3.05) is 38.0 Å². The van der Waals surface area contributed by atoms with Crippen molar-refractivity contribution in [2.45, 2.75) is 44.4 Å². The first kappa shape index (κ1) is 34.0. The molecule has 0 aliphatic carbocycles. The molecule has 2 aromatic heterocycles. The van der Waals surface area contributed by atoms with Crippen molar-refractivity contribution in [2.24, 2.45) is 0 Å². The lowest BCUT2D eigenvalue weighted by atomic mass is 10.1. The van der Waals surface area contributed by atoms with Gasteiger partial charge in [-0.3, -0.25) is 33.0 Å². The maximum absolute atomic E-state index is 13.3. The molecule has 1 fully saturated rings. The van der Waals surface area contributed by atoms with Gasteiger partial charge in [-0.1, -0.05) is 0 Å². The van der Waals surface area contributed by atoms with E-state index in [1.54, 1.807) is 0 Å². The standard InChI is InChI=1S/C19H30ClN7O13P2/c1-3-36-18(32)9(2)26-41(33,37-5-4-22-11(28)6-20)40-42(34,35)38-7-10-13(29)14(30)17(39-10)27-8-23-12-15(27)24-19(21)25-16(12)31/h8-10,13-14,17,29-30H,3-7H2,1-2H3,(H,22,28)(H,26,33)(H,34,35)(H3,21,24,25,31)/t9-,10+,13+,14+,17+,41?/m0/s1. The number of nitrogen functional groups attached to an aromatic ring is 1. The number of H-pyrrole nitrogens is 1. The number of phosphoric ester groups is 1. The fraction of sp³-hybridized carbons (Fsp3) is 0.632. The Morgan fingerprint density at radius 2 is 2.02 bits per heavy atom. The summed E-state index contributed by atoms with van der Waals surface area (Å²) in [5, 5.41) is 25.5. The fourth-order valence-corrected chi connectivity index (χ4v) is 6.67. The number of rotatable bonds is 15. The zero-order valence-electron chi connectivity index (χ0n) is 22.1. The van der Waals surface area contributed by atoms with Crippen LogP contribution in [0.1, 0.15) is 20.1 Å². The molecule has 7 atom stereocenters.